The highest BCUT2D eigenvalue weighted by atomic mass is 16.5. The third-order valence-corrected chi connectivity index (χ3v) is 6.33. The molecular formula is C24H42N6O4. The van der Waals surface area contributed by atoms with Crippen molar-refractivity contribution in [3.63, 3.8) is 0 Å². The number of nitrogens with one attached hydrogen (secondary N) is 1. The molecule has 0 spiro atoms. The van der Waals surface area contributed by atoms with Gasteiger partial charge in [0.2, 0.25) is 5.96 Å². The van der Waals surface area contributed by atoms with Crippen molar-refractivity contribution in [3.05, 3.63) is 0 Å². The molecular weight excluding hydrogens is 436 g/mol. The predicted octanol–water partition coefficient (Wildman–Crippen LogP) is 2.27. The maximum atomic E-state index is 12.9. The van der Waals surface area contributed by atoms with Gasteiger partial charge in [-0.25, -0.2) is 9.79 Å². The number of carbonyl (C=O) groups is 2. The molecule has 2 amide bonds. The van der Waals surface area contributed by atoms with E-state index in [2.05, 4.69) is 43.0 Å². The standard InChI is InChI=1S/C24H42N6O4/c1-24(2,3)10-6-20(21(31)29(5)18-25)26-22(30-13-16-33-17-14-30)27-23(32)34-15-9-19-7-11-28(4)12-8-19/h19-20H,6-17H2,1-5H3,(H,26,27,32). The van der Waals surface area contributed by atoms with E-state index in [-0.39, 0.29) is 5.41 Å². The van der Waals surface area contributed by atoms with Crippen LogP contribution in [0, 0.1) is 22.8 Å². The van der Waals surface area contributed by atoms with Crippen LogP contribution in [-0.2, 0) is 14.3 Å². The smallest absolute Gasteiger partial charge is 0.413 e. The van der Waals surface area contributed by atoms with E-state index in [4.69, 9.17) is 9.47 Å². The summed E-state index contributed by atoms with van der Waals surface area (Å²) < 4.78 is 10.9. The zero-order valence-electron chi connectivity index (χ0n) is 21.5. The van der Waals surface area contributed by atoms with Crippen LogP contribution < -0.4 is 5.32 Å². The highest BCUT2D eigenvalue weighted by Crippen LogP contribution is 2.23. The summed E-state index contributed by atoms with van der Waals surface area (Å²) in [7, 11) is 3.56. The summed E-state index contributed by atoms with van der Waals surface area (Å²) in [6.07, 6.45) is 5.57. The van der Waals surface area contributed by atoms with E-state index >= 15 is 0 Å². The van der Waals surface area contributed by atoms with Crippen LogP contribution >= 0.6 is 0 Å². The first-order chi connectivity index (χ1) is 16.1. The van der Waals surface area contributed by atoms with Gasteiger partial charge in [-0.05, 0) is 63.6 Å². The molecule has 10 heteroatoms. The Labute approximate surface area is 204 Å². The number of carbonyl (C=O) groups excluding carboxylic acids is 2. The maximum absolute atomic E-state index is 12.9. The third-order valence-electron chi connectivity index (χ3n) is 6.33. The van der Waals surface area contributed by atoms with Gasteiger partial charge >= 0.3 is 6.09 Å². The fourth-order valence-electron chi connectivity index (χ4n) is 4.00. The summed E-state index contributed by atoms with van der Waals surface area (Å²) in [6, 6.07) is -0.777. The topological polar surface area (TPSA) is 110 Å². The summed E-state index contributed by atoms with van der Waals surface area (Å²) in [5.74, 6) is 0.471. The number of hydrogen-bond donors (Lipinski definition) is 1. The van der Waals surface area contributed by atoms with Crippen molar-refractivity contribution >= 4 is 18.0 Å². The Kier molecular flexibility index (Phi) is 11.1. The van der Waals surface area contributed by atoms with Crippen LogP contribution in [0.3, 0.4) is 0 Å². The fraction of sp³-hybridized carbons (Fsp3) is 0.833. The first kappa shape index (κ1) is 27.9. The number of nitriles is 1. The number of likely N-dealkylation sites (N-methyl/N-ethyl adjacent to an activating group) is 1. The van der Waals surface area contributed by atoms with E-state index in [0.717, 1.165) is 43.7 Å². The van der Waals surface area contributed by atoms with Gasteiger partial charge in [0.1, 0.15) is 6.04 Å². The van der Waals surface area contributed by atoms with Gasteiger partial charge in [0.15, 0.2) is 6.19 Å². The summed E-state index contributed by atoms with van der Waals surface area (Å²) in [5, 5.41) is 12.0. The van der Waals surface area contributed by atoms with E-state index in [0.29, 0.717) is 51.2 Å². The van der Waals surface area contributed by atoms with Crippen LogP contribution in [0.5, 0.6) is 0 Å². The highest BCUT2D eigenvalue weighted by Gasteiger charge is 2.27. The Morgan fingerprint density at radius 2 is 1.88 bits per heavy atom. The van der Waals surface area contributed by atoms with Crippen molar-refractivity contribution in [3.8, 4) is 6.19 Å². The first-order valence-corrected chi connectivity index (χ1v) is 12.3. The van der Waals surface area contributed by atoms with Gasteiger partial charge < -0.3 is 19.3 Å². The van der Waals surface area contributed by atoms with E-state index in [1.54, 1.807) is 0 Å². The highest BCUT2D eigenvalue weighted by molar-refractivity contribution is 5.96. The van der Waals surface area contributed by atoms with Crippen LogP contribution in [0.1, 0.15) is 52.9 Å². The molecule has 0 aromatic heterocycles. The number of piperidine rings is 1. The van der Waals surface area contributed by atoms with Gasteiger partial charge in [0.05, 0.1) is 19.8 Å². The Balaban J connectivity index is 2.07. The molecule has 10 nitrogen and oxygen atoms in total. The molecule has 0 bridgehead atoms. The van der Waals surface area contributed by atoms with Crippen molar-refractivity contribution in [2.24, 2.45) is 16.3 Å². The van der Waals surface area contributed by atoms with E-state index in [1.165, 1.54) is 7.05 Å². The van der Waals surface area contributed by atoms with Crippen molar-refractivity contribution in [2.75, 3.05) is 60.1 Å². The van der Waals surface area contributed by atoms with E-state index in [9.17, 15) is 14.9 Å². The van der Waals surface area contributed by atoms with E-state index < -0.39 is 18.0 Å². The molecule has 1 atom stereocenters. The normalized spacial score (nSPS) is 19.3. The molecule has 34 heavy (non-hydrogen) atoms. The van der Waals surface area contributed by atoms with Gasteiger partial charge in [-0.2, -0.15) is 5.26 Å². The zero-order valence-corrected chi connectivity index (χ0v) is 21.5. The number of morpholine rings is 1. The average molecular weight is 479 g/mol. The summed E-state index contributed by atoms with van der Waals surface area (Å²) in [4.78, 5) is 35.3. The van der Waals surface area contributed by atoms with Gasteiger partial charge in [-0.1, -0.05) is 20.8 Å². The monoisotopic (exact) mass is 478 g/mol. The lowest BCUT2D eigenvalue weighted by Gasteiger charge is -2.31. The van der Waals surface area contributed by atoms with Gasteiger partial charge in [-0.3, -0.25) is 15.0 Å². The Morgan fingerprint density at radius 3 is 2.47 bits per heavy atom. The van der Waals surface area contributed by atoms with Gasteiger partial charge in [-0.15, -0.1) is 0 Å². The van der Waals surface area contributed by atoms with Gasteiger partial charge in [0, 0.05) is 20.1 Å². The Hall–Kier alpha value is -2.38. The molecule has 1 N–H and O–H groups in total. The second-order valence-corrected chi connectivity index (χ2v) is 10.5. The average Bonchev–Trinajstić information content (AvgIpc) is 2.81. The Bertz CT molecular complexity index is 731. The molecule has 1 unspecified atom stereocenters. The molecule has 2 aliphatic rings. The second kappa shape index (κ2) is 13.5. The van der Waals surface area contributed by atoms with Crippen LogP contribution in [-0.4, -0.2) is 98.8 Å². The molecule has 0 aromatic rings. The maximum Gasteiger partial charge on any atom is 0.413 e. The molecule has 2 aliphatic heterocycles. The molecule has 192 valence electrons. The number of likely N-dealkylation sites (tertiary alicyclic amines) is 1. The van der Waals surface area contributed by atoms with Crippen molar-refractivity contribution < 1.29 is 19.1 Å². The molecule has 2 fully saturated rings. The third kappa shape index (κ3) is 9.85. The fourth-order valence-corrected chi connectivity index (χ4v) is 4.00. The SMILES string of the molecule is CN1CCC(CCOC(=O)NC(=NC(CCC(C)(C)C)C(=O)N(C)C#N)N2CCOCC2)CC1. The minimum Gasteiger partial charge on any atom is -0.449 e. The summed E-state index contributed by atoms with van der Waals surface area (Å²) in [6.45, 7) is 10.9. The van der Waals surface area contributed by atoms with Crippen molar-refractivity contribution in [2.45, 2.75) is 58.9 Å². The quantitative estimate of drug-likeness (QED) is 0.259. The predicted molar refractivity (Wildman–Crippen MR) is 130 cm³/mol. The Morgan fingerprint density at radius 1 is 1.24 bits per heavy atom. The molecule has 0 aromatic carbocycles. The molecule has 0 aliphatic carbocycles. The largest absolute Gasteiger partial charge is 0.449 e. The number of hydrogen-bond acceptors (Lipinski definition) is 7. The van der Waals surface area contributed by atoms with Gasteiger partial charge in [0.25, 0.3) is 5.91 Å². The van der Waals surface area contributed by atoms with Crippen LogP contribution in [0.2, 0.25) is 0 Å². The number of guanidine groups is 1. The summed E-state index contributed by atoms with van der Waals surface area (Å²) >= 11 is 0. The minimum absolute atomic E-state index is 0.00131. The van der Waals surface area contributed by atoms with E-state index in [1.807, 2.05) is 11.1 Å². The van der Waals surface area contributed by atoms with Crippen molar-refractivity contribution in [1.82, 2.24) is 20.0 Å². The first-order valence-electron chi connectivity index (χ1n) is 12.3. The van der Waals surface area contributed by atoms with Crippen LogP contribution in [0.4, 0.5) is 4.79 Å². The number of amides is 2. The van der Waals surface area contributed by atoms with Crippen LogP contribution in [0.15, 0.2) is 4.99 Å². The zero-order chi connectivity index (χ0) is 25.1. The minimum atomic E-state index is -0.777. The van der Waals surface area contributed by atoms with Crippen LogP contribution in [0.25, 0.3) is 0 Å². The number of rotatable bonds is 7. The lowest BCUT2D eigenvalue weighted by atomic mass is 9.88. The molecule has 2 saturated heterocycles. The lowest BCUT2D eigenvalue weighted by molar-refractivity contribution is -0.128. The number of ether oxygens (including phenoxy) is 2. The second-order valence-electron chi connectivity index (χ2n) is 10.5. The number of nitrogens with zero attached hydrogens (tertiary/aromatic N) is 5. The molecule has 2 rings (SSSR count). The molecule has 0 saturated carbocycles. The molecule has 2 heterocycles. The lowest BCUT2D eigenvalue weighted by Crippen LogP contribution is -2.50. The number of alkyl carbamates (subject to hydrolysis) is 1. The summed E-state index contributed by atoms with van der Waals surface area (Å²) in [5.41, 5.74) is -0.00131. The van der Waals surface area contributed by atoms with Crippen molar-refractivity contribution in [1.29, 1.82) is 5.26 Å². The number of aliphatic imine (C=N–C) groups is 1. The molecule has 0 radical (unpaired) electrons.